The van der Waals surface area contributed by atoms with Gasteiger partial charge in [0.1, 0.15) is 0 Å². The molecule has 1 aromatic carbocycles. The summed E-state index contributed by atoms with van der Waals surface area (Å²) in [4.78, 5) is 11.4. The monoisotopic (exact) mass is 296 g/mol. The predicted octanol–water partition coefficient (Wildman–Crippen LogP) is 2.81. The Morgan fingerprint density at radius 2 is 2.06 bits per heavy atom. The number of hydrogen-bond donors (Lipinski definition) is 3. The van der Waals surface area contributed by atoms with Crippen molar-refractivity contribution in [1.29, 1.82) is 0 Å². The molecule has 4 nitrogen and oxygen atoms in total. The van der Waals surface area contributed by atoms with E-state index in [1.54, 1.807) is 18.2 Å². The lowest BCUT2D eigenvalue weighted by Crippen LogP contribution is -2.45. The molecule has 0 saturated heterocycles. The second-order valence-corrected chi connectivity index (χ2v) is 5.78. The third-order valence-electron chi connectivity index (χ3n) is 1.85. The summed E-state index contributed by atoms with van der Waals surface area (Å²) in [5.74, 6) is 0. The first-order chi connectivity index (χ1) is 7.79. The van der Waals surface area contributed by atoms with Crippen molar-refractivity contribution >= 4 is 46.5 Å². The van der Waals surface area contributed by atoms with E-state index in [4.69, 9.17) is 34.8 Å². The summed E-state index contributed by atoms with van der Waals surface area (Å²) in [6.07, 6.45) is -1.59. The van der Waals surface area contributed by atoms with E-state index in [2.05, 4.69) is 10.6 Å². The van der Waals surface area contributed by atoms with Gasteiger partial charge in [0.15, 0.2) is 6.23 Å². The Morgan fingerprint density at radius 1 is 1.41 bits per heavy atom. The van der Waals surface area contributed by atoms with E-state index in [-0.39, 0.29) is 0 Å². The molecule has 1 rings (SSSR count). The molecule has 0 saturated carbocycles. The fourth-order valence-electron chi connectivity index (χ4n) is 1.10. The van der Waals surface area contributed by atoms with Crippen molar-refractivity contribution in [3.63, 3.8) is 0 Å². The number of aliphatic hydroxyl groups excluding tert-OH is 1. The van der Waals surface area contributed by atoms with Crippen molar-refractivity contribution in [3.8, 4) is 0 Å². The van der Waals surface area contributed by atoms with Crippen LogP contribution in [0.3, 0.4) is 0 Å². The van der Waals surface area contributed by atoms with Crippen molar-refractivity contribution in [1.82, 2.24) is 5.32 Å². The lowest BCUT2D eigenvalue weighted by molar-refractivity contribution is 0.148. The highest BCUT2D eigenvalue weighted by Crippen LogP contribution is 2.28. The number of rotatable bonds is 2. The number of carbonyl (C=O) groups is 1. The third-order valence-corrected chi connectivity index (χ3v) is 2.47. The summed E-state index contributed by atoms with van der Waals surface area (Å²) < 4.78 is -1.97. The van der Waals surface area contributed by atoms with Gasteiger partial charge < -0.3 is 15.7 Å². The Hall–Kier alpha value is -0.680. The quantitative estimate of drug-likeness (QED) is 0.580. The summed E-state index contributed by atoms with van der Waals surface area (Å²) in [5.41, 5.74) is 1.57. The van der Waals surface area contributed by atoms with Crippen LogP contribution in [0, 0.1) is 6.92 Å². The van der Waals surface area contributed by atoms with Crippen molar-refractivity contribution in [2.45, 2.75) is 16.9 Å². The Bertz CT molecular complexity index is 407. The van der Waals surface area contributed by atoms with Crippen LogP contribution in [0.4, 0.5) is 10.5 Å². The number of alkyl halides is 3. The van der Waals surface area contributed by atoms with Crippen LogP contribution in [0.1, 0.15) is 5.56 Å². The minimum absolute atomic E-state index is 0.582. The number of anilines is 1. The second kappa shape index (κ2) is 5.78. The predicted molar refractivity (Wildman–Crippen MR) is 69.6 cm³/mol. The zero-order chi connectivity index (χ0) is 13.1. The highest BCUT2D eigenvalue weighted by Gasteiger charge is 2.32. The molecule has 0 fully saturated rings. The highest BCUT2D eigenvalue weighted by atomic mass is 35.6. The summed E-state index contributed by atoms with van der Waals surface area (Å²) in [6, 6.07) is 6.49. The maximum Gasteiger partial charge on any atom is 0.321 e. The Labute approximate surface area is 114 Å². The van der Waals surface area contributed by atoms with Gasteiger partial charge in [-0.15, -0.1) is 0 Å². The van der Waals surface area contributed by atoms with Gasteiger partial charge in [-0.1, -0.05) is 46.9 Å². The molecule has 1 atom stereocenters. The normalized spacial score (nSPS) is 13.0. The summed E-state index contributed by atoms with van der Waals surface area (Å²) >= 11 is 16.2. The number of aliphatic hydroxyl groups is 1. The molecule has 0 bridgehead atoms. The van der Waals surface area contributed by atoms with E-state index in [1.807, 2.05) is 13.0 Å². The smallest absolute Gasteiger partial charge is 0.321 e. The van der Waals surface area contributed by atoms with Gasteiger partial charge in [0, 0.05) is 5.69 Å². The molecular weight excluding hydrogens is 286 g/mol. The van der Waals surface area contributed by atoms with E-state index >= 15 is 0 Å². The zero-order valence-electron chi connectivity index (χ0n) is 8.88. The fourth-order valence-corrected chi connectivity index (χ4v) is 1.26. The van der Waals surface area contributed by atoms with Crippen LogP contribution in [0.25, 0.3) is 0 Å². The maximum absolute atomic E-state index is 11.4. The number of aryl methyl sites for hydroxylation is 1. The summed E-state index contributed by atoms with van der Waals surface area (Å²) in [6.45, 7) is 1.89. The number of amides is 2. The molecule has 0 radical (unpaired) electrons. The number of urea groups is 1. The SMILES string of the molecule is Cc1cccc(NC(=O)NC(O)C(Cl)(Cl)Cl)c1. The van der Waals surface area contributed by atoms with Crippen molar-refractivity contribution in [3.05, 3.63) is 29.8 Å². The second-order valence-electron chi connectivity index (χ2n) is 3.41. The minimum Gasteiger partial charge on any atom is -0.369 e. The largest absolute Gasteiger partial charge is 0.369 e. The third kappa shape index (κ3) is 5.00. The fraction of sp³-hybridized carbons (Fsp3) is 0.300. The van der Waals surface area contributed by atoms with E-state index in [9.17, 15) is 9.90 Å². The molecule has 17 heavy (non-hydrogen) atoms. The van der Waals surface area contributed by atoms with Gasteiger partial charge in [0.2, 0.25) is 3.79 Å². The van der Waals surface area contributed by atoms with E-state index < -0.39 is 16.1 Å². The number of hydrogen-bond acceptors (Lipinski definition) is 2. The molecule has 0 spiro atoms. The molecular formula is C10H11Cl3N2O2. The van der Waals surface area contributed by atoms with Crippen molar-refractivity contribution in [2.24, 2.45) is 0 Å². The molecule has 94 valence electrons. The number of benzene rings is 1. The van der Waals surface area contributed by atoms with Crippen LogP contribution in [-0.2, 0) is 0 Å². The Morgan fingerprint density at radius 3 is 2.59 bits per heavy atom. The highest BCUT2D eigenvalue weighted by molar-refractivity contribution is 6.68. The molecule has 1 unspecified atom stereocenters. The Balaban J connectivity index is 2.56. The van der Waals surface area contributed by atoms with Gasteiger partial charge in [-0.25, -0.2) is 4.79 Å². The number of halogens is 3. The molecule has 1 aromatic rings. The van der Waals surface area contributed by atoms with Gasteiger partial charge in [-0.3, -0.25) is 0 Å². The average molecular weight is 298 g/mol. The van der Waals surface area contributed by atoms with Crippen LogP contribution < -0.4 is 10.6 Å². The maximum atomic E-state index is 11.4. The average Bonchev–Trinajstić information content (AvgIpc) is 2.15. The van der Waals surface area contributed by atoms with Gasteiger partial charge in [0.25, 0.3) is 0 Å². The summed E-state index contributed by atoms with van der Waals surface area (Å²) in [5, 5.41) is 13.9. The Kier molecular flexibility index (Phi) is 4.89. The molecule has 0 aliphatic rings. The first kappa shape index (κ1) is 14.4. The molecule has 2 amide bonds. The van der Waals surface area contributed by atoms with Crippen LogP contribution >= 0.6 is 34.8 Å². The molecule has 0 aromatic heterocycles. The molecule has 7 heteroatoms. The lowest BCUT2D eigenvalue weighted by atomic mass is 10.2. The van der Waals surface area contributed by atoms with Crippen molar-refractivity contribution in [2.75, 3.05) is 5.32 Å². The molecule has 3 N–H and O–H groups in total. The first-order valence-corrected chi connectivity index (χ1v) is 5.81. The number of carbonyl (C=O) groups excluding carboxylic acids is 1. The van der Waals surface area contributed by atoms with Crippen LogP contribution in [0.15, 0.2) is 24.3 Å². The van der Waals surface area contributed by atoms with Crippen molar-refractivity contribution < 1.29 is 9.90 Å². The topological polar surface area (TPSA) is 61.4 Å². The van der Waals surface area contributed by atoms with Crippen LogP contribution in [0.2, 0.25) is 0 Å². The molecule has 0 aliphatic carbocycles. The zero-order valence-corrected chi connectivity index (χ0v) is 11.1. The van der Waals surface area contributed by atoms with Gasteiger partial charge >= 0.3 is 6.03 Å². The van der Waals surface area contributed by atoms with Gasteiger partial charge in [0.05, 0.1) is 0 Å². The van der Waals surface area contributed by atoms with E-state index in [1.165, 1.54) is 0 Å². The van der Waals surface area contributed by atoms with E-state index in [0.717, 1.165) is 5.56 Å². The van der Waals surface area contributed by atoms with Crippen LogP contribution in [0.5, 0.6) is 0 Å². The molecule has 0 heterocycles. The standard InChI is InChI=1S/C10H11Cl3N2O2/c1-6-3-2-4-7(5-6)14-9(17)15-8(16)10(11,12)13/h2-5,8,16H,1H3,(H2,14,15,17). The minimum atomic E-state index is -1.97. The lowest BCUT2D eigenvalue weighted by Gasteiger charge is -2.20. The summed E-state index contributed by atoms with van der Waals surface area (Å²) in [7, 11) is 0. The van der Waals surface area contributed by atoms with E-state index in [0.29, 0.717) is 5.69 Å². The van der Waals surface area contributed by atoms with Gasteiger partial charge in [-0.05, 0) is 24.6 Å². The van der Waals surface area contributed by atoms with Gasteiger partial charge in [-0.2, -0.15) is 0 Å². The van der Waals surface area contributed by atoms with Crippen LogP contribution in [-0.4, -0.2) is 21.2 Å². The number of nitrogens with one attached hydrogen (secondary N) is 2. The first-order valence-electron chi connectivity index (χ1n) is 4.68. The molecule has 0 aliphatic heterocycles.